The van der Waals surface area contributed by atoms with Gasteiger partial charge in [0.25, 0.3) is 5.91 Å². The van der Waals surface area contributed by atoms with Gasteiger partial charge in [-0.05, 0) is 43.2 Å². The number of rotatable bonds is 6. The van der Waals surface area contributed by atoms with Crippen LogP contribution < -0.4 is 10.6 Å². The highest BCUT2D eigenvalue weighted by atomic mass is 16.5. The van der Waals surface area contributed by atoms with E-state index in [2.05, 4.69) is 35.5 Å². The van der Waals surface area contributed by atoms with Gasteiger partial charge in [-0.15, -0.1) is 0 Å². The first-order valence-electron chi connectivity index (χ1n) is 7.18. The van der Waals surface area contributed by atoms with Gasteiger partial charge in [-0.3, -0.25) is 4.79 Å². The predicted molar refractivity (Wildman–Crippen MR) is 87.6 cm³/mol. The molecule has 2 N–H and O–H groups in total. The van der Waals surface area contributed by atoms with E-state index in [1.54, 1.807) is 19.4 Å². The number of hydrogen-bond donors (Lipinski definition) is 2. The third-order valence-corrected chi connectivity index (χ3v) is 3.47. The Morgan fingerprint density at radius 3 is 2.73 bits per heavy atom. The van der Waals surface area contributed by atoms with Crippen molar-refractivity contribution in [3.8, 4) is 0 Å². The minimum atomic E-state index is -0.199. The second-order valence-corrected chi connectivity index (χ2v) is 5.05. The van der Waals surface area contributed by atoms with Gasteiger partial charge in [-0.2, -0.15) is 0 Å². The molecule has 0 spiro atoms. The first-order valence-corrected chi connectivity index (χ1v) is 7.18. The molecule has 0 unspecified atom stereocenters. The van der Waals surface area contributed by atoms with Gasteiger partial charge in [0.2, 0.25) is 0 Å². The molecular weight excluding hydrogens is 278 g/mol. The SMILES string of the molecule is COCCNC(=O)c1ccc(Nc2cccc(C)c2C)cn1. The van der Waals surface area contributed by atoms with Crippen LogP contribution in [-0.4, -0.2) is 31.2 Å². The normalized spacial score (nSPS) is 10.3. The fourth-order valence-electron chi connectivity index (χ4n) is 2.00. The molecule has 1 aromatic heterocycles. The fraction of sp³-hybridized carbons (Fsp3) is 0.294. The maximum absolute atomic E-state index is 11.8. The number of hydrogen-bond acceptors (Lipinski definition) is 4. The number of nitrogens with one attached hydrogen (secondary N) is 2. The Hall–Kier alpha value is -2.40. The second-order valence-electron chi connectivity index (χ2n) is 5.05. The maximum atomic E-state index is 11.8. The third-order valence-electron chi connectivity index (χ3n) is 3.47. The number of pyridine rings is 1. The van der Waals surface area contributed by atoms with E-state index >= 15 is 0 Å². The lowest BCUT2D eigenvalue weighted by atomic mass is 10.1. The molecule has 0 saturated carbocycles. The molecule has 1 aromatic carbocycles. The number of carbonyl (C=O) groups excluding carboxylic acids is 1. The van der Waals surface area contributed by atoms with Crippen molar-refractivity contribution in [3.63, 3.8) is 0 Å². The van der Waals surface area contributed by atoms with Crippen LogP contribution in [0.4, 0.5) is 11.4 Å². The molecule has 0 atom stereocenters. The summed E-state index contributed by atoms with van der Waals surface area (Å²) in [6, 6.07) is 9.66. The van der Waals surface area contributed by atoms with Gasteiger partial charge in [-0.25, -0.2) is 4.98 Å². The molecule has 5 nitrogen and oxygen atoms in total. The minimum Gasteiger partial charge on any atom is -0.383 e. The van der Waals surface area contributed by atoms with Crippen LogP contribution in [0.25, 0.3) is 0 Å². The monoisotopic (exact) mass is 299 g/mol. The summed E-state index contributed by atoms with van der Waals surface area (Å²) in [6.07, 6.45) is 1.66. The molecule has 5 heteroatoms. The van der Waals surface area contributed by atoms with Crippen molar-refractivity contribution < 1.29 is 9.53 Å². The Kier molecular flexibility index (Phi) is 5.49. The van der Waals surface area contributed by atoms with Crippen molar-refractivity contribution in [1.82, 2.24) is 10.3 Å². The minimum absolute atomic E-state index is 0.199. The smallest absolute Gasteiger partial charge is 0.269 e. The molecule has 116 valence electrons. The van der Waals surface area contributed by atoms with E-state index < -0.39 is 0 Å². The summed E-state index contributed by atoms with van der Waals surface area (Å²) >= 11 is 0. The van der Waals surface area contributed by atoms with Crippen molar-refractivity contribution in [2.45, 2.75) is 13.8 Å². The highest BCUT2D eigenvalue weighted by Gasteiger charge is 2.07. The van der Waals surface area contributed by atoms with E-state index in [1.165, 1.54) is 11.1 Å². The van der Waals surface area contributed by atoms with Gasteiger partial charge >= 0.3 is 0 Å². The zero-order valence-electron chi connectivity index (χ0n) is 13.1. The van der Waals surface area contributed by atoms with Crippen LogP contribution in [0.2, 0.25) is 0 Å². The molecule has 0 aliphatic rings. The van der Waals surface area contributed by atoms with Gasteiger partial charge in [0.05, 0.1) is 18.5 Å². The van der Waals surface area contributed by atoms with Crippen LogP contribution in [0.3, 0.4) is 0 Å². The number of aromatic nitrogens is 1. The average molecular weight is 299 g/mol. The molecule has 1 heterocycles. The molecule has 2 rings (SSSR count). The van der Waals surface area contributed by atoms with Gasteiger partial charge in [0, 0.05) is 19.3 Å². The predicted octanol–water partition coefficient (Wildman–Crippen LogP) is 2.82. The van der Waals surface area contributed by atoms with Crippen LogP contribution in [0.15, 0.2) is 36.5 Å². The van der Waals surface area contributed by atoms with E-state index in [0.717, 1.165) is 11.4 Å². The fourth-order valence-corrected chi connectivity index (χ4v) is 2.00. The van der Waals surface area contributed by atoms with Gasteiger partial charge in [-0.1, -0.05) is 12.1 Å². The summed E-state index contributed by atoms with van der Waals surface area (Å²) in [5.74, 6) is -0.199. The highest BCUT2D eigenvalue weighted by Crippen LogP contribution is 2.22. The van der Waals surface area contributed by atoms with Crippen molar-refractivity contribution in [2.75, 3.05) is 25.6 Å². The molecule has 0 aliphatic heterocycles. The van der Waals surface area contributed by atoms with E-state index in [4.69, 9.17) is 4.74 Å². The Balaban J connectivity index is 2.03. The number of anilines is 2. The summed E-state index contributed by atoms with van der Waals surface area (Å²) < 4.78 is 4.89. The Morgan fingerprint density at radius 2 is 2.05 bits per heavy atom. The van der Waals surface area contributed by atoms with Gasteiger partial charge in [0.1, 0.15) is 5.69 Å². The van der Waals surface area contributed by atoms with Crippen LogP contribution >= 0.6 is 0 Å². The van der Waals surface area contributed by atoms with Crippen molar-refractivity contribution >= 4 is 17.3 Å². The Labute approximate surface area is 130 Å². The summed E-state index contributed by atoms with van der Waals surface area (Å²) in [6.45, 7) is 5.10. The van der Waals surface area contributed by atoms with Crippen LogP contribution in [-0.2, 0) is 4.74 Å². The van der Waals surface area contributed by atoms with Crippen molar-refractivity contribution in [2.24, 2.45) is 0 Å². The third kappa shape index (κ3) is 4.05. The molecule has 0 bridgehead atoms. The van der Waals surface area contributed by atoms with E-state index in [9.17, 15) is 4.79 Å². The summed E-state index contributed by atoms with van der Waals surface area (Å²) in [7, 11) is 1.60. The molecule has 2 aromatic rings. The summed E-state index contributed by atoms with van der Waals surface area (Å²) in [4.78, 5) is 16.0. The zero-order chi connectivity index (χ0) is 15.9. The Morgan fingerprint density at radius 1 is 1.23 bits per heavy atom. The lowest BCUT2D eigenvalue weighted by Gasteiger charge is -2.11. The molecule has 0 saturated heterocycles. The summed E-state index contributed by atoms with van der Waals surface area (Å²) in [5.41, 5.74) is 4.71. The van der Waals surface area contributed by atoms with Gasteiger partial charge in [0.15, 0.2) is 0 Å². The Bertz CT molecular complexity index is 639. The average Bonchev–Trinajstić information content (AvgIpc) is 2.53. The number of aryl methyl sites for hydroxylation is 1. The number of methoxy groups -OCH3 is 1. The quantitative estimate of drug-likeness (QED) is 0.805. The molecule has 0 fully saturated rings. The number of ether oxygens (including phenoxy) is 1. The zero-order valence-corrected chi connectivity index (χ0v) is 13.1. The largest absolute Gasteiger partial charge is 0.383 e. The lowest BCUT2D eigenvalue weighted by molar-refractivity contribution is 0.0932. The number of carbonyl (C=O) groups is 1. The van der Waals surface area contributed by atoms with E-state index in [-0.39, 0.29) is 5.91 Å². The van der Waals surface area contributed by atoms with Crippen molar-refractivity contribution in [1.29, 1.82) is 0 Å². The lowest BCUT2D eigenvalue weighted by Crippen LogP contribution is -2.27. The molecule has 1 amide bonds. The maximum Gasteiger partial charge on any atom is 0.269 e. The van der Waals surface area contributed by atoms with Crippen LogP contribution in [0.5, 0.6) is 0 Å². The topological polar surface area (TPSA) is 63.2 Å². The number of amides is 1. The molecule has 22 heavy (non-hydrogen) atoms. The van der Waals surface area contributed by atoms with Crippen molar-refractivity contribution in [3.05, 3.63) is 53.3 Å². The highest BCUT2D eigenvalue weighted by molar-refractivity contribution is 5.92. The first kappa shape index (κ1) is 16.0. The molecule has 0 aliphatic carbocycles. The van der Waals surface area contributed by atoms with E-state index in [0.29, 0.717) is 18.8 Å². The van der Waals surface area contributed by atoms with Crippen LogP contribution in [0.1, 0.15) is 21.6 Å². The molecular formula is C17H21N3O2. The standard InChI is InChI=1S/C17H21N3O2/c1-12-5-4-6-15(13(12)2)20-14-7-8-16(19-11-14)17(21)18-9-10-22-3/h4-8,11,20H,9-10H2,1-3H3,(H,18,21). The second kappa shape index (κ2) is 7.56. The summed E-state index contributed by atoms with van der Waals surface area (Å²) in [5, 5.41) is 6.06. The number of benzene rings is 1. The number of nitrogens with zero attached hydrogens (tertiary/aromatic N) is 1. The van der Waals surface area contributed by atoms with Gasteiger partial charge < -0.3 is 15.4 Å². The van der Waals surface area contributed by atoms with E-state index in [1.807, 2.05) is 18.2 Å². The molecule has 0 radical (unpaired) electrons. The van der Waals surface area contributed by atoms with Crippen LogP contribution in [0, 0.1) is 13.8 Å². The first-order chi connectivity index (χ1) is 10.6.